The molecular weight excluding hydrogens is 1740 g/mol. The Kier molecular flexibility index (Phi) is 26.6. The Labute approximate surface area is 798 Å². The fraction of sp³-hybridized carbons (Fsp3) is 0.822. The lowest BCUT2D eigenvalue weighted by Crippen LogP contribution is -2.54. The predicted octanol–water partition coefficient (Wildman–Crippen LogP) is 19.9. The number of alkyl halides is 3. The average Bonchev–Trinajstić information content (AvgIpc) is 1.53. The van der Waals surface area contributed by atoms with E-state index in [0.717, 1.165) is 176 Å². The van der Waals surface area contributed by atoms with Crippen molar-refractivity contribution in [1.29, 1.82) is 5.26 Å². The molecule has 734 valence electrons. The molecule has 4 aromatic rings. The van der Waals surface area contributed by atoms with Gasteiger partial charge in [-0.15, -0.1) is 0 Å². The van der Waals surface area contributed by atoms with Crippen molar-refractivity contribution in [3.05, 3.63) is 83.0 Å². The Morgan fingerprint density at radius 1 is 0.463 bits per heavy atom. The molecule has 37 atom stereocenters. The number of hydrogen-bond donors (Lipinski definition) is 5. The molecule has 5 N–H and O–H groups in total. The first-order valence-electron chi connectivity index (χ1n) is 52.1. The highest BCUT2D eigenvalue weighted by molar-refractivity contribution is 7.92. The lowest BCUT2D eigenvalue weighted by atomic mass is 9.48. The highest BCUT2D eigenvalue weighted by atomic mass is 35.5. The van der Waals surface area contributed by atoms with Gasteiger partial charge in [0.05, 0.1) is 114 Å². The standard InChI is InChI=1S/C28H42N4O2.C28H41N3O4S.C26H34F3N3O2.C25H35ClN2O2/c1-17(2)31-24-12-23(25(33)16-32-15-19(29-5)14-30-32)28(4)11-9-21-20-8-10-27(3,34)13-18(20)6-7-22(21)26(24)28;1-17(2)36(34,35)25-12-23(24(32)16-31-15-19(29-5)14-30-31)28(4)11-9-21-20-8-10-27(3,33)13-18(20)6-7-22(21)26(25)28;1-24(34)7-5-17-16(10-24)3-4-19-18(17)6-8-25(2)20(19)9-21(26(27,28)29)23(25)22(33)14-32-13-15(11-30)12-31-32;1-24(30)7-5-16-14(10-24)3-4-18-17(16)6-8-25(2)22(18)19-9-20(19)23(25)21(29)13-28-12-15(26)11-27-28/h14-15,17-18,20-24,26,31,34H,6-13,16H2,1-4H3;14-15,17-18,20-23,25-26,33H,6-13,16H2,1-4H3;12-13,16-21,23,34H,3-10,14H2,1-2H3;11-12,14,16-20,22-23,30H,3-10,13H2,1-2H3/t18-,20+,21-,22-,23-,24?,26-,27-,28-;18-,20+,21-,22-,23-,25?,26-,27-,28-;16-,17+,18?,19?,20?,21+,23?,24-,25+;14-,16+,17-,18-,19-,20+,22-,23-,24-,25+/m1111/s1. The van der Waals surface area contributed by atoms with Crippen LogP contribution in [0.5, 0.6) is 0 Å². The second-order valence-electron chi connectivity index (χ2n) is 50.0. The van der Waals surface area contributed by atoms with Crippen LogP contribution in [0.2, 0.25) is 5.02 Å². The maximum Gasteiger partial charge on any atom is 0.392 e. The number of carbonyl (C=O) groups is 4. The van der Waals surface area contributed by atoms with Crippen LogP contribution in [0, 0.1) is 206 Å². The summed E-state index contributed by atoms with van der Waals surface area (Å²) in [5.41, 5.74) is -1.75. The van der Waals surface area contributed by atoms with Crippen molar-refractivity contribution in [2.75, 3.05) is 0 Å². The first-order chi connectivity index (χ1) is 63.2. The number of halogens is 4. The van der Waals surface area contributed by atoms with Crippen LogP contribution in [0.1, 0.15) is 294 Å². The minimum Gasteiger partial charge on any atom is -0.390 e. The molecule has 6 unspecified atom stereocenters. The van der Waals surface area contributed by atoms with Crippen LogP contribution < -0.4 is 5.32 Å². The van der Waals surface area contributed by atoms with E-state index in [1.165, 1.54) is 85.7 Å². The minimum atomic E-state index is -4.42. The third-order valence-electron chi connectivity index (χ3n) is 41.4. The topological polar surface area (TPSA) is 299 Å². The van der Waals surface area contributed by atoms with Gasteiger partial charge in [-0.05, 0) is 399 Å². The first kappa shape index (κ1) is 98.0. The summed E-state index contributed by atoms with van der Waals surface area (Å²) in [6.45, 7) is 39.8. The summed E-state index contributed by atoms with van der Waals surface area (Å²) < 4.78 is 76.6. The number of Topliss-reactive ketones (excluding diaryl/α,β-unsaturated/α-hetero) is 4. The lowest BCUT2D eigenvalue weighted by molar-refractivity contribution is -0.191. The number of sulfone groups is 1. The number of rotatable bonds is 16. The van der Waals surface area contributed by atoms with Crippen molar-refractivity contribution >= 4 is 55.9 Å². The molecule has 21 rings (SSSR count). The van der Waals surface area contributed by atoms with E-state index >= 15 is 0 Å². The molecule has 4 heterocycles. The Morgan fingerprint density at radius 2 is 0.851 bits per heavy atom. The smallest absolute Gasteiger partial charge is 0.390 e. The monoisotopic (exact) mass is 1890 g/mol. The Morgan fingerprint density at radius 3 is 1.28 bits per heavy atom. The molecule has 27 heteroatoms. The summed E-state index contributed by atoms with van der Waals surface area (Å²) in [4.78, 5) is 61.1. The van der Waals surface area contributed by atoms with E-state index < -0.39 is 72.0 Å². The van der Waals surface area contributed by atoms with E-state index in [1.54, 1.807) is 54.2 Å². The molecule has 0 amide bonds. The van der Waals surface area contributed by atoms with Crippen molar-refractivity contribution in [3.63, 3.8) is 0 Å². The quantitative estimate of drug-likeness (QED) is 0.0651. The van der Waals surface area contributed by atoms with E-state index in [9.17, 15) is 61.2 Å². The third-order valence-corrected chi connectivity index (χ3v) is 44.3. The van der Waals surface area contributed by atoms with E-state index in [4.69, 9.17) is 30.0 Å². The van der Waals surface area contributed by atoms with Crippen LogP contribution in [-0.2, 0) is 55.2 Å². The lowest BCUT2D eigenvalue weighted by Gasteiger charge is -2.57. The maximum atomic E-state index is 14.3. The maximum absolute atomic E-state index is 14.3. The van der Waals surface area contributed by atoms with Crippen LogP contribution >= 0.6 is 11.6 Å². The fourth-order valence-electron chi connectivity index (χ4n) is 36.3. The molecule has 17 fully saturated rings. The first-order valence-corrected chi connectivity index (χ1v) is 54.1. The number of nitrogens with zero attached hydrogens (tertiary/aromatic N) is 11. The highest BCUT2D eigenvalue weighted by Gasteiger charge is 2.73. The normalized spacial score (nSPS) is 45.1. The second kappa shape index (κ2) is 36.4. The van der Waals surface area contributed by atoms with E-state index in [-0.39, 0.29) is 89.4 Å². The molecule has 134 heavy (non-hydrogen) atoms. The molecule has 0 radical (unpaired) electrons. The summed E-state index contributed by atoms with van der Waals surface area (Å²) >= 11 is 6.02. The van der Waals surface area contributed by atoms with Crippen molar-refractivity contribution in [2.45, 2.75) is 366 Å². The van der Waals surface area contributed by atoms with Crippen molar-refractivity contribution in [3.8, 4) is 6.07 Å². The largest absolute Gasteiger partial charge is 0.392 e. The van der Waals surface area contributed by atoms with Crippen molar-refractivity contribution < 1.29 is 61.2 Å². The van der Waals surface area contributed by atoms with Gasteiger partial charge in [0.1, 0.15) is 6.07 Å². The Bertz CT molecular complexity index is 5270. The fourth-order valence-corrected chi connectivity index (χ4v) is 38.5. The Balaban J connectivity index is 0.000000120. The number of nitrogens with one attached hydrogen (secondary N) is 1. The van der Waals surface area contributed by atoms with E-state index in [1.807, 2.05) is 40.7 Å². The van der Waals surface area contributed by atoms with Gasteiger partial charge in [-0.25, -0.2) is 18.1 Å². The Hall–Kier alpha value is -6.18. The van der Waals surface area contributed by atoms with Gasteiger partial charge in [0.15, 0.2) is 33.0 Å². The van der Waals surface area contributed by atoms with E-state index in [2.05, 4.69) is 70.0 Å². The number of ketones is 4. The molecular formula is C107H152ClF3N12O10S. The van der Waals surface area contributed by atoms with Crippen molar-refractivity contribution in [2.24, 2.45) is 181 Å². The van der Waals surface area contributed by atoms with Crippen LogP contribution in [-0.4, -0.2) is 142 Å². The zero-order valence-electron chi connectivity index (χ0n) is 81.6. The number of aliphatic hydroxyl groups is 4. The summed E-state index contributed by atoms with van der Waals surface area (Å²) in [7, 11) is -3.38. The summed E-state index contributed by atoms with van der Waals surface area (Å²) in [6, 6.07) is 2.73. The molecule has 0 aromatic carbocycles. The number of aromatic nitrogens is 8. The average molecular weight is 1890 g/mol. The molecule has 0 bridgehead atoms. The van der Waals surface area contributed by atoms with Gasteiger partial charge in [-0.2, -0.15) is 38.8 Å². The number of hydrogen-bond acceptors (Lipinski definition) is 16. The van der Waals surface area contributed by atoms with Gasteiger partial charge >= 0.3 is 6.18 Å². The molecule has 17 saturated carbocycles. The van der Waals surface area contributed by atoms with Gasteiger partial charge < -0.3 is 25.7 Å². The summed E-state index contributed by atoms with van der Waals surface area (Å²) in [5.74, 6) is 9.54. The predicted molar refractivity (Wildman–Crippen MR) is 504 cm³/mol. The molecule has 17 aliphatic rings. The molecule has 0 spiro atoms. The van der Waals surface area contributed by atoms with Gasteiger partial charge in [0.2, 0.25) is 11.4 Å². The second-order valence-corrected chi connectivity index (χ2v) is 53.2. The van der Waals surface area contributed by atoms with Gasteiger partial charge in [-0.1, -0.05) is 53.1 Å². The van der Waals surface area contributed by atoms with Crippen LogP contribution in [0.4, 0.5) is 24.5 Å². The van der Waals surface area contributed by atoms with Gasteiger partial charge in [-0.3, -0.25) is 37.9 Å². The molecule has 22 nitrogen and oxygen atoms in total. The van der Waals surface area contributed by atoms with Gasteiger partial charge in [0.25, 0.3) is 0 Å². The molecule has 0 aliphatic heterocycles. The van der Waals surface area contributed by atoms with Crippen molar-refractivity contribution in [1.82, 2.24) is 44.4 Å². The number of nitriles is 1. The van der Waals surface area contributed by atoms with Gasteiger partial charge in [0, 0.05) is 60.5 Å². The SMILES string of the molecule is C[C@@]1(O)CC[C@@H]2C3CC[C@@]4(C)C(C[C@H](C(F)(F)F)C4C(=O)Cn4cc(C#N)cn4)C3CC[C@@H]2C1.C[C@@]1(O)CC[C@H]2[C@H](CC[C@@H]3[C@@H]2CC[C@@]2(C)[C@H]3[C@@H]3C[C@@H]3[C@@H]2C(=O)Cn2cc(Cl)cn2)C1.[C-]#[N+]c1cnn(CC(=O)[C@H]2CC(NC(C)C)[C@H]3[C@@H]4CC[C@@H]5C[C@](C)(O)CC[C@@H]5[C@H]4CC[C@]23C)c1.[C-]#[N+]c1cnn(CC(=O)[C@H]2CC(S(=O)(=O)C(C)C)[C@H]3[C@@H]4CC[C@@H]5C[C@](C)(O)CC[C@@H]5[C@H]4CC[C@]23C)c1. The summed E-state index contributed by atoms with van der Waals surface area (Å²) in [6.07, 6.45) is 39.4. The number of fused-ring (bicyclic) bond motifs is 22. The molecule has 4 aromatic heterocycles. The molecule has 17 aliphatic carbocycles. The zero-order chi connectivity index (χ0) is 95.6. The van der Waals surface area contributed by atoms with Crippen LogP contribution in [0.15, 0.2) is 49.6 Å². The minimum absolute atomic E-state index is 0.00240. The third kappa shape index (κ3) is 18.2. The zero-order valence-corrected chi connectivity index (χ0v) is 83.1. The van der Waals surface area contributed by atoms with Crippen LogP contribution in [0.3, 0.4) is 0 Å². The van der Waals surface area contributed by atoms with Crippen LogP contribution in [0.25, 0.3) is 9.69 Å². The number of carbonyl (C=O) groups excluding carboxylic acids is 4. The molecule has 0 saturated heterocycles. The summed E-state index contributed by atoms with van der Waals surface area (Å²) in [5, 5.41) is 71.9. The van der Waals surface area contributed by atoms with E-state index in [0.29, 0.717) is 124 Å². The highest BCUT2D eigenvalue weighted by Crippen LogP contribution is 2.76.